The van der Waals surface area contributed by atoms with Crippen LogP contribution in [0, 0.1) is 6.92 Å². The van der Waals surface area contributed by atoms with Gasteiger partial charge < -0.3 is 20.3 Å². The van der Waals surface area contributed by atoms with E-state index in [1.807, 2.05) is 7.05 Å². The zero-order valence-corrected chi connectivity index (χ0v) is 15.7. The highest BCUT2D eigenvalue weighted by molar-refractivity contribution is 5.80. The molecule has 0 aromatic heterocycles. The second kappa shape index (κ2) is 8.49. The van der Waals surface area contributed by atoms with Crippen LogP contribution in [0.3, 0.4) is 0 Å². The van der Waals surface area contributed by atoms with E-state index in [4.69, 9.17) is 4.74 Å². The average Bonchev–Trinajstić information content (AvgIpc) is 2.54. The third kappa shape index (κ3) is 5.49. The maximum absolute atomic E-state index is 6.00. The summed E-state index contributed by atoms with van der Waals surface area (Å²) >= 11 is 0. The molecule has 1 fully saturated rings. The van der Waals surface area contributed by atoms with Gasteiger partial charge in [-0.05, 0) is 38.8 Å². The van der Waals surface area contributed by atoms with Gasteiger partial charge in [-0.1, -0.05) is 24.3 Å². The fourth-order valence-electron chi connectivity index (χ4n) is 2.92. The SMILES string of the molecule is CN=C(NCCNC(C)(C)C)N1CCOC(c2ccccc2C)C1. The Labute approximate surface area is 146 Å². The summed E-state index contributed by atoms with van der Waals surface area (Å²) in [5, 5.41) is 6.94. The van der Waals surface area contributed by atoms with Crippen molar-refractivity contribution in [1.82, 2.24) is 15.5 Å². The molecule has 2 N–H and O–H groups in total. The van der Waals surface area contributed by atoms with Gasteiger partial charge in [0.05, 0.1) is 13.2 Å². The molecule has 1 aromatic rings. The Morgan fingerprint density at radius 1 is 1.29 bits per heavy atom. The van der Waals surface area contributed by atoms with Crippen LogP contribution in [-0.2, 0) is 4.74 Å². The summed E-state index contributed by atoms with van der Waals surface area (Å²) in [7, 11) is 1.84. The second-order valence-electron chi connectivity index (χ2n) is 7.31. The topological polar surface area (TPSA) is 48.9 Å². The molecule has 5 nitrogen and oxygen atoms in total. The molecule has 5 heteroatoms. The lowest BCUT2D eigenvalue weighted by Crippen LogP contribution is -2.50. The number of rotatable bonds is 4. The second-order valence-corrected chi connectivity index (χ2v) is 7.31. The van der Waals surface area contributed by atoms with E-state index in [-0.39, 0.29) is 11.6 Å². The number of guanidine groups is 1. The van der Waals surface area contributed by atoms with Crippen LogP contribution in [-0.4, -0.2) is 56.2 Å². The Kier molecular flexibility index (Phi) is 6.63. The van der Waals surface area contributed by atoms with E-state index in [2.05, 4.69) is 72.5 Å². The number of aryl methyl sites for hydroxylation is 1. The number of nitrogens with zero attached hydrogens (tertiary/aromatic N) is 2. The lowest BCUT2D eigenvalue weighted by Gasteiger charge is -2.36. The van der Waals surface area contributed by atoms with Crippen LogP contribution in [0.2, 0.25) is 0 Å². The Bertz CT molecular complexity index is 551. The predicted molar refractivity (Wildman–Crippen MR) is 101 cm³/mol. The van der Waals surface area contributed by atoms with Gasteiger partial charge in [0.1, 0.15) is 6.10 Å². The molecule has 134 valence electrons. The predicted octanol–water partition coefficient (Wildman–Crippen LogP) is 2.33. The molecule has 24 heavy (non-hydrogen) atoms. The van der Waals surface area contributed by atoms with Gasteiger partial charge in [0, 0.05) is 32.2 Å². The van der Waals surface area contributed by atoms with E-state index >= 15 is 0 Å². The van der Waals surface area contributed by atoms with Crippen molar-refractivity contribution in [1.29, 1.82) is 0 Å². The van der Waals surface area contributed by atoms with Crippen molar-refractivity contribution in [3.63, 3.8) is 0 Å². The molecule has 2 rings (SSSR count). The van der Waals surface area contributed by atoms with Gasteiger partial charge in [-0.3, -0.25) is 4.99 Å². The first kappa shape index (κ1) is 18.7. The lowest BCUT2D eigenvalue weighted by molar-refractivity contribution is -0.00829. The highest BCUT2D eigenvalue weighted by atomic mass is 16.5. The Hall–Kier alpha value is -1.59. The molecule has 1 saturated heterocycles. The van der Waals surface area contributed by atoms with Gasteiger partial charge in [-0.25, -0.2) is 0 Å². The number of aliphatic imine (C=N–C) groups is 1. The number of ether oxygens (including phenoxy) is 1. The molecule has 0 bridgehead atoms. The summed E-state index contributed by atoms with van der Waals surface area (Å²) in [6, 6.07) is 8.45. The molecular formula is C19H32N4O. The van der Waals surface area contributed by atoms with Gasteiger partial charge >= 0.3 is 0 Å². The summed E-state index contributed by atoms with van der Waals surface area (Å²) in [5.74, 6) is 0.951. The zero-order valence-electron chi connectivity index (χ0n) is 15.7. The summed E-state index contributed by atoms with van der Waals surface area (Å²) < 4.78 is 6.00. The van der Waals surface area contributed by atoms with Crippen molar-refractivity contribution in [3.8, 4) is 0 Å². The number of nitrogens with one attached hydrogen (secondary N) is 2. The van der Waals surface area contributed by atoms with Gasteiger partial charge in [-0.2, -0.15) is 0 Å². The van der Waals surface area contributed by atoms with Crippen molar-refractivity contribution in [2.75, 3.05) is 39.8 Å². The Balaban J connectivity index is 1.91. The third-order valence-corrected chi connectivity index (χ3v) is 4.18. The first-order valence-corrected chi connectivity index (χ1v) is 8.78. The van der Waals surface area contributed by atoms with E-state index in [0.29, 0.717) is 0 Å². The molecule has 0 spiro atoms. The van der Waals surface area contributed by atoms with Crippen LogP contribution in [0.15, 0.2) is 29.3 Å². The normalized spacial score (nSPS) is 19.5. The summed E-state index contributed by atoms with van der Waals surface area (Å²) in [4.78, 5) is 6.73. The first-order valence-electron chi connectivity index (χ1n) is 8.78. The van der Waals surface area contributed by atoms with Crippen molar-refractivity contribution >= 4 is 5.96 Å². The molecule has 0 radical (unpaired) electrons. The van der Waals surface area contributed by atoms with Crippen molar-refractivity contribution < 1.29 is 4.74 Å². The van der Waals surface area contributed by atoms with Gasteiger partial charge in [0.25, 0.3) is 0 Å². The van der Waals surface area contributed by atoms with Crippen molar-refractivity contribution in [2.45, 2.75) is 39.3 Å². The minimum atomic E-state index is 0.103. The molecule has 1 aliphatic heterocycles. The van der Waals surface area contributed by atoms with Crippen LogP contribution < -0.4 is 10.6 Å². The Morgan fingerprint density at radius 2 is 2.04 bits per heavy atom. The van der Waals surface area contributed by atoms with E-state index in [0.717, 1.165) is 38.7 Å². The first-order chi connectivity index (χ1) is 11.4. The van der Waals surface area contributed by atoms with Gasteiger partial charge in [-0.15, -0.1) is 0 Å². The molecule has 1 unspecified atom stereocenters. The van der Waals surface area contributed by atoms with Crippen LogP contribution in [0.5, 0.6) is 0 Å². The van der Waals surface area contributed by atoms with Crippen LogP contribution in [0.25, 0.3) is 0 Å². The maximum Gasteiger partial charge on any atom is 0.193 e. The van der Waals surface area contributed by atoms with Crippen molar-refractivity contribution in [3.05, 3.63) is 35.4 Å². The van der Waals surface area contributed by atoms with E-state index in [1.165, 1.54) is 11.1 Å². The molecule has 0 aliphatic carbocycles. The highest BCUT2D eigenvalue weighted by Crippen LogP contribution is 2.24. The monoisotopic (exact) mass is 332 g/mol. The number of hydrogen-bond donors (Lipinski definition) is 2. The fourth-order valence-corrected chi connectivity index (χ4v) is 2.92. The van der Waals surface area contributed by atoms with E-state index in [1.54, 1.807) is 0 Å². The van der Waals surface area contributed by atoms with Crippen LogP contribution in [0.1, 0.15) is 38.0 Å². The summed E-state index contributed by atoms with van der Waals surface area (Å²) in [6.45, 7) is 12.9. The van der Waals surface area contributed by atoms with Crippen molar-refractivity contribution in [2.24, 2.45) is 4.99 Å². The van der Waals surface area contributed by atoms with E-state index in [9.17, 15) is 0 Å². The standard InChI is InChI=1S/C19H32N4O/c1-15-8-6-7-9-16(15)17-14-23(12-13-24-17)18(20-5)21-10-11-22-19(2,3)4/h6-9,17,22H,10-14H2,1-5H3,(H,20,21). The van der Waals surface area contributed by atoms with E-state index < -0.39 is 0 Å². The minimum absolute atomic E-state index is 0.103. The van der Waals surface area contributed by atoms with Gasteiger partial charge in [0.2, 0.25) is 0 Å². The minimum Gasteiger partial charge on any atom is -0.370 e. The van der Waals surface area contributed by atoms with Crippen LogP contribution in [0.4, 0.5) is 0 Å². The molecule has 1 aliphatic rings. The molecule has 1 aromatic carbocycles. The number of hydrogen-bond acceptors (Lipinski definition) is 3. The summed E-state index contributed by atoms with van der Waals surface area (Å²) in [6.07, 6.45) is 0.103. The Morgan fingerprint density at radius 3 is 2.71 bits per heavy atom. The maximum atomic E-state index is 6.00. The van der Waals surface area contributed by atoms with Crippen LogP contribution >= 0.6 is 0 Å². The average molecular weight is 332 g/mol. The lowest BCUT2D eigenvalue weighted by atomic mass is 10.0. The zero-order chi connectivity index (χ0) is 17.6. The highest BCUT2D eigenvalue weighted by Gasteiger charge is 2.25. The number of morpholine rings is 1. The third-order valence-electron chi connectivity index (χ3n) is 4.18. The summed E-state index contributed by atoms with van der Waals surface area (Å²) in [5.41, 5.74) is 2.69. The molecular weight excluding hydrogens is 300 g/mol. The fraction of sp³-hybridized carbons (Fsp3) is 0.632. The molecule has 0 saturated carbocycles. The smallest absolute Gasteiger partial charge is 0.193 e. The molecule has 1 atom stereocenters. The largest absolute Gasteiger partial charge is 0.370 e. The number of benzene rings is 1. The molecule has 1 heterocycles. The molecule has 0 amide bonds. The quantitative estimate of drug-likeness (QED) is 0.505. The van der Waals surface area contributed by atoms with Gasteiger partial charge in [0.15, 0.2) is 5.96 Å².